The predicted molar refractivity (Wildman–Crippen MR) is 129 cm³/mol. The Morgan fingerprint density at radius 1 is 0.758 bits per heavy atom. The average molecular weight is 455 g/mol. The molecule has 1 atom stereocenters. The maximum absolute atomic E-state index is 13.9. The first-order valence-corrected chi connectivity index (χ1v) is 12.2. The molecule has 0 amide bonds. The summed E-state index contributed by atoms with van der Waals surface area (Å²) in [5.74, 6) is 0.607. The molecule has 6 nitrogen and oxygen atoms in total. The highest BCUT2D eigenvalue weighted by Gasteiger charge is 2.47. The molecule has 6 rings (SSSR count). The van der Waals surface area contributed by atoms with Gasteiger partial charge in [0.25, 0.3) is 10.0 Å². The van der Waals surface area contributed by atoms with Crippen molar-refractivity contribution >= 4 is 21.5 Å². The number of hydrogen-bond acceptors (Lipinski definition) is 4. The lowest BCUT2D eigenvalue weighted by Crippen LogP contribution is -2.41. The number of nitrogens with zero attached hydrogens (tertiary/aromatic N) is 4. The molecule has 0 saturated heterocycles. The Kier molecular flexibility index (Phi) is 4.25. The van der Waals surface area contributed by atoms with Crippen LogP contribution in [0.4, 0.5) is 5.69 Å². The van der Waals surface area contributed by atoms with Gasteiger partial charge in [0, 0.05) is 11.8 Å². The van der Waals surface area contributed by atoms with Crippen LogP contribution in [0.15, 0.2) is 101 Å². The van der Waals surface area contributed by atoms with Gasteiger partial charge in [0.05, 0.1) is 22.0 Å². The van der Waals surface area contributed by atoms with E-state index in [1.54, 1.807) is 12.1 Å². The van der Waals surface area contributed by atoms with Crippen molar-refractivity contribution in [1.82, 2.24) is 8.98 Å². The van der Waals surface area contributed by atoms with Crippen LogP contribution in [0.2, 0.25) is 0 Å². The van der Waals surface area contributed by atoms with Crippen molar-refractivity contribution in [2.75, 3.05) is 4.90 Å². The van der Waals surface area contributed by atoms with Crippen molar-refractivity contribution in [3.05, 3.63) is 114 Å². The van der Waals surface area contributed by atoms with Crippen LogP contribution in [0, 0.1) is 13.8 Å². The van der Waals surface area contributed by atoms with Crippen molar-refractivity contribution in [3.8, 4) is 5.69 Å². The molecular weight excluding hydrogens is 432 g/mol. The Morgan fingerprint density at radius 3 is 2.09 bits per heavy atom. The standard InChI is InChI=1S/C26H22N4O2S/c1-18-9-13-20(14-10-18)25-27-30(33(31,32)21-15-11-19(2)12-16-21)26-24-8-5-17-28(24)22-6-3-4-7-23(22)29(25)26/h3-17,26H,1-2H3/t26-/m1/s1. The zero-order valence-corrected chi connectivity index (χ0v) is 19.1. The smallest absolute Gasteiger partial charge is 0.281 e. The molecule has 0 N–H and O–H groups in total. The van der Waals surface area contributed by atoms with E-state index in [0.29, 0.717) is 5.84 Å². The predicted octanol–water partition coefficient (Wildman–Crippen LogP) is 4.98. The molecule has 7 heteroatoms. The van der Waals surface area contributed by atoms with Gasteiger partial charge in [-0.25, -0.2) is 0 Å². The Balaban J connectivity index is 1.60. The third-order valence-electron chi connectivity index (χ3n) is 6.20. The topological polar surface area (TPSA) is 57.9 Å². The van der Waals surface area contributed by atoms with Crippen molar-refractivity contribution in [2.24, 2.45) is 5.10 Å². The van der Waals surface area contributed by atoms with Gasteiger partial charge < -0.3 is 4.57 Å². The van der Waals surface area contributed by atoms with E-state index in [2.05, 4.69) is 0 Å². The summed E-state index contributed by atoms with van der Waals surface area (Å²) in [5, 5.41) is 4.75. The minimum absolute atomic E-state index is 0.221. The Labute approximate surface area is 193 Å². The van der Waals surface area contributed by atoms with Gasteiger partial charge in [-0.2, -0.15) is 12.8 Å². The van der Waals surface area contributed by atoms with Crippen molar-refractivity contribution in [3.63, 3.8) is 0 Å². The molecule has 0 saturated carbocycles. The zero-order valence-electron chi connectivity index (χ0n) is 18.3. The summed E-state index contributed by atoms with van der Waals surface area (Å²) in [7, 11) is -3.91. The van der Waals surface area contributed by atoms with E-state index in [4.69, 9.17) is 5.10 Å². The van der Waals surface area contributed by atoms with Gasteiger partial charge >= 0.3 is 0 Å². The summed E-state index contributed by atoms with van der Waals surface area (Å²) in [6.07, 6.45) is 1.34. The van der Waals surface area contributed by atoms with Crippen LogP contribution >= 0.6 is 0 Å². The van der Waals surface area contributed by atoms with Gasteiger partial charge in [-0.3, -0.25) is 4.90 Å². The van der Waals surface area contributed by atoms with E-state index >= 15 is 0 Å². The van der Waals surface area contributed by atoms with E-state index in [9.17, 15) is 8.42 Å². The highest BCUT2D eigenvalue weighted by molar-refractivity contribution is 7.89. The van der Waals surface area contributed by atoms with E-state index in [1.165, 1.54) is 4.41 Å². The van der Waals surface area contributed by atoms with Crippen molar-refractivity contribution in [1.29, 1.82) is 0 Å². The molecule has 3 aromatic carbocycles. The van der Waals surface area contributed by atoms with Crippen molar-refractivity contribution < 1.29 is 8.42 Å². The number of amidine groups is 1. The maximum atomic E-state index is 13.9. The fourth-order valence-electron chi connectivity index (χ4n) is 4.50. The fraction of sp³-hybridized carbons (Fsp3) is 0.115. The molecule has 0 spiro atoms. The fourth-order valence-corrected chi connectivity index (χ4v) is 5.85. The third kappa shape index (κ3) is 2.93. The molecule has 0 fully saturated rings. The minimum Gasteiger partial charge on any atom is -0.315 e. The average Bonchev–Trinajstić information content (AvgIpc) is 3.46. The van der Waals surface area contributed by atoms with Gasteiger partial charge in [0.1, 0.15) is 0 Å². The maximum Gasteiger partial charge on any atom is 0.281 e. The molecule has 164 valence electrons. The largest absolute Gasteiger partial charge is 0.315 e. The second kappa shape index (κ2) is 7.08. The van der Waals surface area contributed by atoms with Crippen LogP contribution in [0.25, 0.3) is 5.69 Å². The molecule has 33 heavy (non-hydrogen) atoms. The lowest BCUT2D eigenvalue weighted by molar-refractivity contribution is 0.358. The number of hydrazone groups is 1. The second-order valence-electron chi connectivity index (χ2n) is 8.42. The highest BCUT2D eigenvalue weighted by Crippen LogP contribution is 2.46. The van der Waals surface area contributed by atoms with E-state index in [0.717, 1.165) is 33.8 Å². The number of benzene rings is 3. The van der Waals surface area contributed by atoms with Gasteiger partial charge in [-0.1, -0.05) is 59.7 Å². The van der Waals surface area contributed by atoms with Crippen LogP contribution in [0.3, 0.4) is 0 Å². The molecule has 0 unspecified atom stereocenters. The van der Waals surface area contributed by atoms with Crippen molar-refractivity contribution in [2.45, 2.75) is 24.9 Å². The molecule has 3 heterocycles. The van der Waals surface area contributed by atoms with Crippen LogP contribution < -0.4 is 4.90 Å². The summed E-state index contributed by atoms with van der Waals surface area (Å²) in [4.78, 5) is 2.25. The number of fused-ring (bicyclic) bond motifs is 6. The van der Waals surface area contributed by atoms with Gasteiger partial charge in [-0.05, 0) is 50.2 Å². The Hall–Kier alpha value is -3.84. The summed E-state index contributed by atoms with van der Waals surface area (Å²) >= 11 is 0. The van der Waals surface area contributed by atoms with E-state index < -0.39 is 16.2 Å². The molecule has 2 aliphatic heterocycles. The molecular formula is C26H22N4O2S. The second-order valence-corrected chi connectivity index (χ2v) is 10.2. The lowest BCUT2D eigenvalue weighted by atomic mass is 10.1. The molecule has 0 radical (unpaired) electrons. The van der Waals surface area contributed by atoms with Crippen LogP contribution in [0.5, 0.6) is 0 Å². The summed E-state index contributed by atoms with van der Waals surface area (Å²) < 4.78 is 31.0. The van der Waals surface area contributed by atoms with E-state index in [1.807, 2.05) is 102 Å². The minimum atomic E-state index is -3.91. The Morgan fingerprint density at radius 2 is 1.39 bits per heavy atom. The molecule has 0 aliphatic carbocycles. The molecule has 4 aromatic rings. The number of aromatic nitrogens is 1. The van der Waals surface area contributed by atoms with Gasteiger partial charge in [-0.15, -0.1) is 5.10 Å². The summed E-state index contributed by atoms with van der Waals surface area (Å²) in [6, 6.07) is 26.8. The number of aryl methyl sites for hydroxylation is 2. The lowest BCUT2D eigenvalue weighted by Gasteiger charge is -2.37. The molecule has 2 aliphatic rings. The van der Waals surface area contributed by atoms with Crippen LogP contribution in [-0.4, -0.2) is 23.2 Å². The number of anilines is 1. The first-order chi connectivity index (χ1) is 15.9. The third-order valence-corrected chi connectivity index (χ3v) is 7.84. The number of sulfonamides is 1. The first-order valence-electron chi connectivity index (χ1n) is 10.8. The monoisotopic (exact) mass is 454 g/mol. The number of para-hydroxylation sites is 2. The van der Waals surface area contributed by atoms with Gasteiger partial charge in [0.15, 0.2) is 12.0 Å². The first kappa shape index (κ1) is 19.8. The number of rotatable bonds is 3. The Bertz CT molecular complexity index is 1500. The summed E-state index contributed by atoms with van der Waals surface area (Å²) in [6.45, 7) is 3.97. The van der Waals surface area contributed by atoms with Crippen LogP contribution in [0.1, 0.15) is 28.6 Å². The molecule has 1 aromatic heterocycles. The highest BCUT2D eigenvalue weighted by atomic mass is 32.2. The molecule has 0 bridgehead atoms. The summed E-state index contributed by atoms with van der Waals surface area (Å²) in [5.41, 5.74) is 5.74. The van der Waals surface area contributed by atoms with E-state index in [-0.39, 0.29) is 4.90 Å². The number of hydrogen-bond donors (Lipinski definition) is 0. The van der Waals surface area contributed by atoms with Gasteiger partial charge in [0.2, 0.25) is 0 Å². The zero-order chi connectivity index (χ0) is 22.7. The normalized spacial score (nSPS) is 16.8. The van der Waals surface area contributed by atoms with Crippen LogP contribution in [-0.2, 0) is 10.0 Å². The SMILES string of the molecule is Cc1ccc(C2=NN(S(=O)(=O)c3ccc(C)cc3)[C@@H]3c4cccn4-c4ccccc4N23)cc1. The quantitative estimate of drug-likeness (QED) is 0.439.